The quantitative estimate of drug-likeness (QED) is 0.737. The second-order valence-electron chi connectivity index (χ2n) is 4.87. The van der Waals surface area contributed by atoms with Gasteiger partial charge in [-0.05, 0) is 31.4 Å². The van der Waals surface area contributed by atoms with Gasteiger partial charge in [0, 0.05) is 5.41 Å². The van der Waals surface area contributed by atoms with Crippen LogP contribution in [0.2, 0.25) is 0 Å². The molecule has 1 aromatic rings. The molecule has 2 heteroatoms. The van der Waals surface area contributed by atoms with Gasteiger partial charge in [-0.1, -0.05) is 31.9 Å². The molecule has 0 N–H and O–H groups in total. The summed E-state index contributed by atoms with van der Waals surface area (Å²) in [5, 5.41) is 0. The number of ketones is 1. The fourth-order valence-electron chi connectivity index (χ4n) is 2.91. The first-order valence-corrected chi connectivity index (χ1v) is 6.41. The second-order valence-corrected chi connectivity index (χ2v) is 4.87. The fraction of sp³-hybridized carbons (Fsp3) is 0.533. The summed E-state index contributed by atoms with van der Waals surface area (Å²) in [4.78, 5) is 12.7. The first kappa shape index (κ1) is 12.2. The number of carbonyl (C=O) groups is 1. The Bertz CT molecular complexity index is 403. The maximum absolute atomic E-state index is 12.7. The van der Waals surface area contributed by atoms with Gasteiger partial charge in [0.15, 0.2) is 5.78 Å². The Morgan fingerprint density at radius 1 is 1.29 bits per heavy atom. The Balaban J connectivity index is 2.35. The maximum Gasteiger partial charge on any atom is 0.172 e. The SMILES string of the molecule is CCC1(C(=O)c2ccccc2OC)CCCC1. The van der Waals surface area contributed by atoms with E-state index in [0.29, 0.717) is 5.75 Å². The molecule has 2 nitrogen and oxygen atoms in total. The number of ether oxygens (including phenoxy) is 1. The van der Waals surface area contributed by atoms with E-state index in [1.165, 1.54) is 12.8 Å². The van der Waals surface area contributed by atoms with E-state index >= 15 is 0 Å². The number of benzene rings is 1. The maximum atomic E-state index is 12.7. The molecule has 17 heavy (non-hydrogen) atoms. The molecular formula is C15H20O2. The van der Waals surface area contributed by atoms with Gasteiger partial charge >= 0.3 is 0 Å². The number of carbonyl (C=O) groups excluding carboxylic acids is 1. The van der Waals surface area contributed by atoms with Crippen LogP contribution in [-0.2, 0) is 0 Å². The van der Waals surface area contributed by atoms with Crippen molar-refractivity contribution >= 4 is 5.78 Å². The van der Waals surface area contributed by atoms with E-state index < -0.39 is 0 Å². The minimum absolute atomic E-state index is 0.130. The zero-order valence-electron chi connectivity index (χ0n) is 10.7. The minimum atomic E-state index is -0.130. The van der Waals surface area contributed by atoms with Crippen molar-refractivity contribution in [2.75, 3.05) is 7.11 Å². The van der Waals surface area contributed by atoms with Gasteiger partial charge in [-0.15, -0.1) is 0 Å². The van der Waals surface area contributed by atoms with Gasteiger partial charge < -0.3 is 4.74 Å². The molecule has 0 amide bonds. The van der Waals surface area contributed by atoms with E-state index in [1.54, 1.807) is 7.11 Å². The molecule has 0 saturated heterocycles. The van der Waals surface area contributed by atoms with Crippen LogP contribution >= 0.6 is 0 Å². The van der Waals surface area contributed by atoms with E-state index in [1.807, 2.05) is 24.3 Å². The number of hydrogen-bond donors (Lipinski definition) is 0. The molecule has 0 bridgehead atoms. The summed E-state index contributed by atoms with van der Waals surface area (Å²) in [6.07, 6.45) is 5.34. The highest BCUT2D eigenvalue weighted by Gasteiger charge is 2.40. The van der Waals surface area contributed by atoms with E-state index in [-0.39, 0.29) is 11.2 Å². The predicted molar refractivity (Wildman–Crippen MR) is 68.5 cm³/mol. The average Bonchev–Trinajstić information content (AvgIpc) is 2.88. The monoisotopic (exact) mass is 232 g/mol. The molecule has 1 saturated carbocycles. The van der Waals surface area contributed by atoms with Crippen molar-refractivity contribution in [3.05, 3.63) is 29.8 Å². The standard InChI is InChI=1S/C15H20O2/c1-3-15(10-6-7-11-15)14(16)12-8-4-5-9-13(12)17-2/h4-5,8-9H,3,6-7,10-11H2,1-2H3. The van der Waals surface area contributed by atoms with Gasteiger partial charge in [0.1, 0.15) is 5.75 Å². The van der Waals surface area contributed by atoms with Gasteiger partial charge in [-0.25, -0.2) is 0 Å². The molecule has 0 unspecified atom stereocenters. The van der Waals surface area contributed by atoms with E-state index in [9.17, 15) is 4.79 Å². The predicted octanol–water partition coefficient (Wildman–Crippen LogP) is 3.85. The Morgan fingerprint density at radius 2 is 1.94 bits per heavy atom. The fourth-order valence-corrected chi connectivity index (χ4v) is 2.91. The third-order valence-electron chi connectivity index (χ3n) is 4.07. The van der Waals surface area contributed by atoms with Crippen LogP contribution in [0.25, 0.3) is 0 Å². The molecule has 92 valence electrons. The lowest BCUT2D eigenvalue weighted by molar-refractivity contribution is 0.0788. The van der Waals surface area contributed by atoms with Crippen molar-refractivity contribution in [3.8, 4) is 5.75 Å². The minimum Gasteiger partial charge on any atom is -0.496 e. The van der Waals surface area contributed by atoms with Gasteiger partial charge in [-0.3, -0.25) is 4.79 Å². The van der Waals surface area contributed by atoms with Crippen molar-refractivity contribution in [2.45, 2.75) is 39.0 Å². The molecular weight excluding hydrogens is 212 g/mol. The molecule has 0 spiro atoms. The van der Waals surface area contributed by atoms with Crippen molar-refractivity contribution in [2.24, 2.45) is 5.41 Å². The lowest BCUT2D eigenvalue weighted by Gasteiger charge is -2.26. The Morgan fingerprint density at radius 3 is 2.53 bits per heavy atom. The second kappa shape index (κ2) is 4.91. The topological polar surface area (TPSA) is 26.3 Å². The molecule has 1 aliphatic carbocycles. The molecule has 0 radical (unpaired) electrons. The largest absolute Gasteiger partial charge is 0.496 e. The van der Waals surface area contributed by atoms with Crippen LogP contribution in [-0.4, -0.2) is 12.9 Å². The van der Waals surface area contributed by atoms with Crippen LogP contribution in [0.15, 0.2) is 24.3 Å². The third-order valence-corrected chi connectivity index (χ3v) is 4.07. The number of rotatable bonds is 4. The summed E-state index contributed by atoms with van der Waals surface area (Å²) in [6.45, 7) is 2.12. The van der Waals surface area contributed by atoms with Gasteiger partial charge in [-0.2, -0.15) is 0 Å². The van der Waals surface area contributed by atoms with Crippen LogP contribution in [0.3, 0.4) is 0 Å². The summed E-state index contributed by atoms with van der Waals surface area (Å²) in [7, 11) is 1.62. The van der Waals surface area contributed by atoms with Crippen molar-refractivity contribution in [3.63, 3.8) is 0 Å². The normalized spacial score (nSPS) is 18.0. The van der Waals surface area contributed by atoms with Crippen LogP contribution in [0.1, 0.15) is 49.4 Å². The zero-order valence-corrected chi connectivity index (χ0v) is 10.7. The van der Waals surface area contributed by atoms with Crippen LogP contribution in [0.5, 0.6) is 5.75 Å². The van der Waals surface area contributed by atoms with E-state index in [2.05, 4.69) is 6.92 Å². The molecule has 0 atom stereocenters. The molecule has 1 aromatic carbocycles. The van der Waals surface area contributed by atoms with Crippen LogP contribution in [0.4, 0.5) is 0 Å². The Labute approximate surface area is 103 Å². The van der Waals surface area contributed by atoms with Gasteiger partial charge in [0.05, 0.1) is 12.7 Å². The lowest BCUT2D eigenvalue weighted by atomic mass is 9.76. The zero-order chi connectivity index (χ0) is 12.3. The third kappa shape index (κ3) is 2.08. The Hall–Kier alpha value is -1.31. The highest BCUT2D eigenvalue weighted by molar-refractivity contribution is 6.02. The van der Waals surface area contributed by atoms with Crippen LogP contribution in [0, 0.1) is 5.41 Å². The highest BCUT2D eigenvalue weighted by Crippen LogP contribution is 2.44. The lowest BCUT2D eigenvalue weighted by Crippen LogP contribution is -2.27. The van der Waals surface area contributed by atoms with Crippen molar-refractivity contribution in [1.82, 2.24) is 0 Å². The average molecular weight is 232 g/mol. The molecule has 0 aromatic heterocycles. The summed E-state index contributed by atoms with van der Waals surface area (Å²) in [5.74, 6) is 0.979. The van der Waals surface area contributed by atoms with Crippen molar-refractivity contribution in [1.29, 1.82) is 0 Å². The number of para-hydroxylation sites is 1. The number of Topliss-reactive ketones (excluding diaryl/α,β-unsaturated/α-hetero) is 1. The summed E-state index contributed by atoms with van der Waals surface area (Å²) in [6, 6.07) is 7.57. The molecule has 1 aliphatic rings. The Kier molecular flexibility index (Phi) is 3.51. The van der Waals surface area contributed by atoms with Crippen LogP contribution < -0.4 is 4.74 Å². The highest BCUT2D eigenvalue weighted by atomic mass is 16.5. The smallest absolute Gasteiger partial charge is 0.172 e. The molecule has 0 heterocycles. The summed E-state index contributed by atoms with van der Waals surface area (Å²) in [5.41, 5.74) is 0.619. The number of hydrogen-bond acceptors (Lipinski definition) is 2. The summed E-state index contributed by atoms with van der Waals surface area (Å²) >= 11 is 0. The summed E-state index contributed by atoms with van der Waals surface area (Å²) < 4.78 is 5.29. The van der Waals surface area contributed by atoms with Gasteiger partial charge in [0.2, 0.25) is 0 Å². The van der Waals surface area contributed by atoms with Crippen molar-refractivity contribution < 1.29 is 9.53 Å². The molecule has 0 aliphatic heterocycles. The number of methoxy groups -OCH3 is 1. The molecule has 1 fully saturated rings. The molecule has 2 rings (SSSR count). The first-order valence-electron chi connectivity index (χ1n) is 6.41. The first-order chi connectivity index (χ1) is 8.23. The van der Waals surface area contributed by atoms with E-state index in [0.717, 1.165) is 24.8 Å². The van der Waals surface area contributed by atoms with E-state index in [4.69, 9.17) is 4.74 Å². The van der Waals surface area contributed by atoms with Gasteiger partial charge in [0.25, 0.3) is 0 Å².